The van der Waals surface area contributed by atoms with Gasteiger partial charge in [0.25, 0.3) is 0 Å². The van der Waals surface area contributed by atoms with Gasteiger partial charge in [0.2, 0.25) is 0 Å². The van der Waals surface area contributed by atoms with Crippen molar-refractivity contribution < 1.29 is 0 Å². The summed E-state index contributed by atoms with van der Waals surface area (Å²) < 4.78 is 0. The molecule has 0 radical (unpaired) electrons. The molecule has 0 unspecified atom stereocenters. The van der Waals surface area contributed by atoms with Gasteiger partial charge in [-0.1, -0.05) is 36.0 Å². The first-order chi connectivity index (χ1) is 9.72. The van der Waals surface area contributed by atoms with Gasteiger partial charge in [-0.25, -0.2) is 4.98 Å². The summed E-state index contributed by atoms with van der Waals surface area (Å²) in [5, 5.41) is 4.64. The van der Waals surface area contributed by atoms with Crippen molar-refractivity contribution in [2.75, 3.05) is 0 Å². The molecular formula is C17H20N2S. The third-order valence-electron chi connectivity index (χ3n) is 3.56. The Hall–Kier alpha value is -1.32. The van der Waals surface area contributed by atoms with Gasteiger partial charge in [0, 0.05) is 23.7 Å². The first kappa shape index (κ1) is 13.7. The Morgan fingerprint density at radius 1 is 1.20 bits per heavy atom. The maximum Gasteiger partial charge on any atom is 0.104 e. The molecule has 20 heavy (non-hydrogen) atoms. The van der Waals surface area contributed by atoms with Crippen LogP contribution < -0.4 is 5.32 Å². The molecule has 0 aliphatic heterocycles. The van der Waals surface area contributed by atoms with Crippen molar-refractivity contribution in [3.05, 3.63) is 53.2 Å². The zero-order chi connectivity index (χ0) is 13.9. The monoisotopic (exact) mass is 284 g/mol. The summed E-state index contributed by atoms with van der Waals surface area (Å²) in [6.07, 6.45) is 4.66. The average Bonchev–Trinajstić information content (AvgIpc) is 3.26. The topological polar surface area (TPSA) is 24.9 Å². The smallest absolute Gasteiger partial charge is 0.104 e. The van der Waals surface area contributed by atoms with E-state index in [0.29, 0.717) is 0 Å². The number of pyridine rings is 1. The minimum absolute atomic E-state index is 0.747. The van der Waals surface area contributed by atoms with E-state index in [0.717, 1.165) is 17.6 Å². The Morgan fingerprint density at radius 3 is 2.70 bits per heavy atom. The SMILES string of the molecule is Cc1ccccc1Sc1ncc(CNC2CC2)cc1C. The minimum atomic E-state index is 0.747. The zero-order valence-electron chi connectivity index (χ0n) is 12.0. The molecule has 0 amide bonds. The van der Waals surface area contributed by atoms with Gasteiger partial charge in [-0.05, 0) is 49.4 Å². The maximum atomic E-state index is 4.64. The van der Waals surface area contributed by atoms with Crippen molar-refractivity contribution in [1.82, 2.24) is 10.3 Å². The number of rotatable bonds is 5. The van der Waals surface area contributed by atoms with Gasteiger partial charge >= 0.3 is 0 Å². The molecule has 1 heterocycles. The molecule has 1 aromatic heterocycles. The van der Waals surface area contributed by atoms with Gasteiger partial charge in [-0.15, -0.1) is 0 Å². The third kappa shape index (κ3) is 3.41. The summed E-state index contributed by atoms with van der Waals surface area (Å²) in [5.41, 5.74) is 3.84. The Labute approximate surface area is 125 Å². The standard InChI is InChI=1S/C17H20N2S/c1-12-5-3-4-6-16(12)20-17-13(2)9-14(11-19-17)10-18-15-7-8-15/h3-6,9,11,15,18H,7-8,10H2,1-2H3. The fraction of sp³-hybridized carbons (Fsp3) is 0.353. The van der Waals surface area contributed by atoms with Crippen molar-refractivity contribution in [1.29, 1.82) is 0 Å². The van der Waals surface area contributed by atoms with E-state index in [2.05, 4.69) is 54.5 Å². The predicted molar refractivity (Wildman–Crippen MR) is 84.1 cm³/mol. The molecule has 2 nitrogen and oxygen atoms in total. The molecule has 1 N–H and O–H groups in total. The average molecular weight is 284 g/mol. The van der Waals surface area contributed by atoms with Gasteiger partial charge in [0.1, 0.15) is 5.03 Å². The Kier molecular flexibility index (Phi) is 4.08. The van der Waals surface area contributed by atoms with Crippen LogP contribution in [-0.4, -0.2) is 11.0 Å². The number of hydrogen-bond acceptors (Lipinski definition) is 3. The second-order valence-electron chi connectivity index (χ2n) is 5.49. The van der Waals surface area contributed by atoms with E-state index in [9.17, 15) is 0 Å². The lowest BCUT2D eigenvalue weighted by Crippen LogP contribution is -2.15. The molecular weight excluding hydrogens is 264 g/mol. The molecule has 1 aliphatic carbocycles. The van der Waals surface area contributed by atoms with Crippen molar-refractivity contribution in [2.24, 2.45) is 0 Å². The number of benzene rings is 1. The van der Waals surface area contributed by atoms with Crippen LogP contribution in [0.25, 0.3) is 0 Å². The first-order valence-electron chi connectivity index (χ1n) is 7.15. The van der Waals surface area contributed by atoms with Crippen LogP contribution in [0.1, 0.15) is 29.5 Å². The number of nitrogens with one attached hydrogen (secondary N) is 1. The third-order valence-corrected chi connectivity index (χ3v) is 4.86. The second-order valence-corrected chi connectivity index (χ2v) is 6.52. The number of hydrogen-bond donors (Lipinski definition) is 1. The molecule has 1 saturated carbocycles. The van der Waals surface area contributed by atoms with Crippen LogP contribution in [-0.2, 0) is 6.54 Å². The lowest BCUT2D eigenvalue weighted by atomic mass is 10.2. The Morgan fingerprint density at radius 2 is 2.00 bits per heavy atom. The van der Waals surface area contributed by atoms with E-state index in [1.54, 1.807) is 11.8 Å². The van der Waals surface area contributed by atoms with Crippen LogP contribution >= 0.6 is 11.8 Å². The molecule has 1 aliphatic rings. The van der Waals surface area contributed by atoms with E-state index >= 15 is 0 Å². The molecule has 0 bridgehead atoms. The van der Waals surface area contributed by atoms with Gasteiger partial charge in [-0.3, -0.25) is 0 Å². The predicted octanol–water partition coefficient (Wildman–Crippen LogP) is 4.10. The van der Waals surface area contributed by atoms with Crippen LogP contribution in [0, 0.1) is 13.8 Å². The van der Waals surface area contributed by atoms with Crippen molar-refractivity contribution in [3.63, 3.8) is 0 Å². The van der Waals surface area contributed by atoms with Crippen LogP contribution in [0.3, 0.4) is 0 Å². The van der Waals surface area contributed by atoms with E-state index in [4.69, 9.17) is 0 Å². The fourth-order valence-corrected chi connectivity index (χ4v) is 3.06. The molecule has 104 valence electrons. The largest absolute Gasteiger partial charge is 0.310 e. The van der Waals surface area contributed by atoms with Gasteiger partial charge in [-0.2, -0.15) is 0 Å². The van der Waals surface area contributed by atoms with Gasteiger partial charge < -0.3 is 5.32 Å². The molecule has 1 fully saturated rings. The molecule has 2 aromatic rings. The quantitative estimate of drug-likeness (QED) is 0.894. The number of nitrogens with zero attached hydrogens (tertiary/aromatic N) is 1. The highest BCUT2D eigenvalue weighted by Crippen LogP contribution is 2.31. The van der Waals surface area contributed by atoms with E-state index in [1.165, 1.54) is 34.4 Å². The molecule has 0 atom stereocenters. The summed E-state index contributed by atoms with van der Waals surface area (Å²) in [5.74, 6) is 0. The van der Waals surface area contributed by atoms with Crippen molar-refractivity contribution in [2.45, 2.75) is 49.2 Å². The molecule has 3 heteroatoms. The van der Waals surface area contributed by atoms with Crippen LogP contribution in [0.4, 0.5) is 0 Å². The normalized spacial score (nSPS) is 14.5. The second kappa shape index (κ2) is 5.98. The van der Waals surface area contributed by atoms with Crippen LogP contribution in [0.2, 0.25) is 0 Å². The van der Waals surface area contributed by atoms with Crippen molar-refractivity contribution >= 4 is 11.8 Å². The Balaban J connectivity index is 1.71. The zero-order valence-corrected chi connectivity index (χ0v) is 12.8. The molecule has 1 aromatic carbocycles. The Bertz CT molecular complexity index is 606. The summed E-state index contributed by atoms with van der Waals surface area (Å²) in [4.78, 5) is 5.92. The molecule has 0 saturated heterocycles. The molecule has 3 rings (SSSR count). The lowest BCUT2D eigenvalue weighted by Gasteiger charge is -2.09. The highest BCUT2D eigenvalue weighted by Gasteiger charge is 2.20. The summed E-state index contributed by atoms with van der Waals surface area (Å²) >= 11 is 1.75. The van der Waals surface area contributed by atoms with Gasteiger partial charge in [0.05, 0.1) is 0 Å². The molecule has 0 spiro atoms. The van der Waals surface area contributed by atoms with Crippen LogP contribution in [0.15, 0.2) is 46.5 Å². The summed E-state index contributed by atoms with van der Waals surface area (Å²) in [6, 6.07) is 11.5. The first-order valence-corrected chi connectivity index (χ1v) is 7.96. The van der Waals surface area contributed by atoms with Gasteiger partial charge in [0.15, 0.2) is 0 Å². The highest BCUT2D eigenvalue weighted by atomic mass is 32.2. The fourth-order valence-electron chi connectivity index (χ4n) is 2.15. The highest BCUT2D eigenvalue weighted by molar-refractivity contribution is 7.99. The van der Waals surface area contributed by atoms with E-state index in [1.807, 2.05) is 6.20 Å². The summed E-state index contributed by atoms with van der Waals surface area (Å²) in [7, 11) is 0. The maximum absolute atomic E-state index is 4.64. The lowest BCUT2D eigenvalue weighted by molar-refractivity contribution is 0.684. The van der Waals surface area contributed by atoms with E-state index < -0.39 is 0 Å². The van der Waals surface area contributed by atoms with Crippen molar-refractivity contribution in [3.8, 4) is 0 Å². The minimum Gasteiger partial charge on any atom is -0.310 e. The number of aryl methyl sites for hydroxylation is 2. The summed E-state index contributed by atoms with van der Waals surface area (Å²) in [6.45, 7) is 5.23. The van der Waals surface area contributed by atoms with E-state index in [-0.39, 0.29) is 0 Å². The van der Waals surface area contributed by atoms with Crippen LogP contribution in [0.5, 0.6) is 0 Å². The number of aromatic nitrogens is 1.